The summed E-state index contributed by atoms with van der Waals surface area (Å²) in [5.74, 6) is 0.519. The second kappa shape index (κ2) is 6.97. The highest BCUT2D eigenvalue weighted by atomic mass is 79.9. The SMILES string of the molecule is O=C(c1cc(Br)cc([N+](=O)[O-])c1)N1CCC(C2CCCN2)CC1. The number of non-ortho nitro benzene ring substituents is 1. The molecule has 2 saturated heterocycles. The maximum absolute atomic E-state index is 12.6. The average Bonchev–Trinajstić information content (AvgIpc) is 3.08. The van der Waals surface area contributed by atoms with Crippen LogP contribution in [0.4, 0.5) is 5.69 Å². The molecule has 0 bridgehead atoms. The minimum absolute atomic E-state index is 0.0623. The number of hydrogen-bond acceptors (Lipinski definition) is 4. The minimum Gasteiger partial charge on any atom is -0.339 e. The monoisotopic (exact) mass is 381 g/mol. The largest absolute Gasteiger partial charge is 0.339 e. The van der Waals surface area contributed by atoms with E-state index in [2.05, 4.69) is 21.2 Å². The number of nitro groups is 1. The van der Waals surface area contributed by atoms with E-state index in [9.17, 15) is 14.9 Å². The van der Waals surface area contributed by atoms with Crippen LogP contribution in [0.25, 0.3) is 0 Å². The van der Waals surface area contributed by atoms with Crippen molar-refractivity contribution in [2.45, 2.75) is 31.7 Å². The first-order valence-electron chi connectivity index (χ1n) is 8.02. The first kappa shape index (κ1) is 16.4. The Kier molecular flexibility index (Phi) is 4.96. The zero-order valence-electron chi connectivity index (χ0n) is 12.8. The maximum atomic E-state index is 12.6. The molecule has 1 unspecified atom stereocenters. The molecule has 1 aromatic rings. The van der Waals surface area contributed by atoms with Crippen LogP contribution in [0.5, 0.6) is 0 Å². The third-order valence-corrected chi connectivity index (χ3v) is 5.29. The number of nitrogens with one attached hydrogen (secondary N) is 1. The van der Waals surface area contributed by atoms with E-state index in [-0.39, 0.29) is 11.6 Å². The van der Waals surface area contributed by atoms with Gasteiger partial charge in [-0.25, -0.2) is 0 Å². The molecule has 2 fully saturated rings. The van der Waals surface area contributed by atoms with Crippen molar-refractivity contribution < 1.29 is 9.72 Å². The van der Waals surface area contributed by atoms with Gasteiger partial charge in [-0.15, -0.1) is 0 Å². The normalized spacial score (nSPS) is 22.3. The Morgan fingerprint density at radius 2 is 2.00 bits per heavy atom. The Morgan fingerprint density at radius 1 is 1.26 bits per heavy atom. The van der Waals surface area contributed by atoms with Gasteiger partial charge >= 0.3 is 0 Å². The van der Waals surface area contributed by atoms with E-state index in [1.165, 1.54) is 25.0 Å². The summed E-state index contributed by atoms with van der Waals surface area (Å²) in [4.78, 5) is 24.9. The number of rotatable bonds is 3. The lowest BCUT2D eigenvalue weighted by atomic mass is 9.88. The van der Waals surface area contributed by atoms with Gasteiger partial charge in [-0.05, 0) is 44.2 Å². The fraction of sp³-hybridized carbons (Fsp3) is 0.562. The fourth-order valence-electron chi connectivity index (χ4n) is 3.60. The minimum atomic E-state index is -0.473. The number of likely N-dealkylation sites (tertiary alicyclic amines) is 1. The van der Waals surface area contributed by atoms with Crippen molar-refractivity contribution in [3.05, 3.63) is 38.3 Å². The fourth-order valence-corrected chi connectivity index (χ4v) is 4.09. The van der Waals surface area contributed by atoms with Crippen molar-refractivity contribution >= 4 is 27.5 Å². The molecule has 0 aliphatic carbocycles. The predicted molar refractivity (Wildman–Crippen MR) is 90.4 cm³/mol. The van der Waals surface area contributed by atoms with Crippen molar-refractivity contribution in [2.24, 2.45) is 5.92 Å². The number of amides is 1. The summed E-state index contributed by atoms with van der Waals surface area (Å²) >= 11 is 3.24. The van der Waals surface area contributed by atoms with Crippen LogP contribution >= 0.6 is 15.9 Å². The standard InChI is InChI=1S/C16H20BrN3O3/c17-13-8-12(9-14(10-13)20(22)23)16(21)19-6-3-11(4-7-19)15-2-1-5-18-15/h8-11,15,18H,1-7H2. The Bertz CT molecular complexity index is 609. The Hall–Kier alpha value is -1.47. The zero-order valence-corrected chi connectivity index (χ0v) is 14.4. The van der Waals surface area contributed by atoms with Crippen molar-refractivity contribution in [3.8, 4) is 0 Å². The molecule has 7 heteroatoms. The lowest BCUT2D eigenvalue weighted by molar-refractivity contribution is -0.385. The smallest absolute Gasteiger partial charge is 0.271 e. The van der Waals surface area contributed by atoms with Crippen LogP contribution in [-0.4, -0.2) is 41.4 Å². The second-order valence-electron chi connectivity index (χ2n) is 6.29. The Morgan fingerprint density at radius 3 is 2.61 bits per heavy atom. The molecule has 1 aromatic carbocycles. The molecule has 6 nitrogen and oxygen atoms in total. The van der Waals surface area contributed by atoms with Gasteiger partial charge in [0.25, 0.3) is 11.6 Å². The summed E-state index contributed by atoms with van der Waals surface area (Å²) < 4.78 is 0.556. The number of nitro benzene ring substituents is 1. The summed E-state index contributed by atoms with van der Waals surface area (Å²) in [6, 6.07) is 5.02. The Labute approximate surface area is 143 Å². The molecule has 2 aliphatic heterocycles. The summed E-state index contributed by atoms with van der Waals surface area (Å²) in [6.45, 7) is 2.55. The summed E-state index contributed by atoms with van der Waals surface area (Å²) in [5, 5.41) is 14.5. The molecule has 1 amide bonds. The van der Waals surface area contributed by atoms with E-state index in [0.29, 0.717) is 22.0 Å². The molecule has 0 radical (unpaired) electrons. The van der Waals surface area contributed by atoms with Gasteiger partial charge in [-0.2, -0.15) is 0 Å². The van der Waals surface area contributed by atoms with Gasteiger partial charge in [0.2, 0.25) is 0 Å². The lowest BCUT2D eigenvalue weighted by Crippen LogP contribution is -2.43. The molecule has 23 heavy (non-hydrogen) atoms. The molecule has 2 heterocycles. The highest BCUT2D eigenvalue weighted by molar-refractivity contribution is 9.10. The maximum Gasteiger partial charge on any atom is 0.271 e. The number of carbonyl (C=O) groups excluding carboxylic acids is 1. The van der Waals surface area contributed by atoms with Gasteiger partial charge < -0.3 is 10.2 Å². The summed E-state index contributed by atoms with van der Waals surface area (Å²) in [5.41, 5.74) is 0.316. The molecular weight excluding hydrogens is 362 g/mol. The third-order valence-electron chi connectivity index (χ3n) is 4.83. The van der Waals surface area contributed by atoms with Crippen LogP contribution in [-0.2, 0) is 0 Å². The highest BCUT2D eigenvalue weighted by Crippen LogP contribution is 2.28. The quantitative estimate of drug-likeness (QED) is 0.644. The van der Waals surface area contributed by atoms with Crippen molar-refractivity contribution in [1.29, 1.82) is 0 Å². The van der Waals surface area contributed by atoms with Crippen LogP contribution in [0.3, 0.4) is 0 Å². The number of carbonyl (C=O) groups is 1. The van der Waals surface area contributed by atoms with Crippen LogP contribution in [0.2, 0.25) is 0 Å². The van der Waals surface area contributed by atoms with E-state index in [1.54, 1.807) is 6.07 Å². The van der Waals surface area contributed by atoms with E-state index >= 15 is 0 Å². The summed E-state index contributed by atoms with van der Waals surface area (Å²) in [7, 11) is 0. The van der Waals surface area contributed by atoms with Gasteiger partial charge in [0.05, 0.1) is 4.92 Å². The number of nitrogens with zero attached hydrogens (tertiary/aromatic N) is 2. The van der Waals surface area contributed by atoms with E-state index < -0.39 is 4.92 Å². The molecule has 124 valence electrons. The number of halogens is 1. The zero-order chi connectivity index (χ0) is 16.4. The third kappa shape index (κ3) is 3.72. The highest BCUT2D eigenvalue weighted by Gasteiger charge is 2.30. The van der Waals surface area contributed by atoms with E-state index in [4.69, 9.17) is 0 Å². The molecule has 0 aromatic heterocycles. The van der Waals surface area contributed by atoms with Crippen molar-refractivity contribution in [1.82, 2.24) is 10.2 Å². The van der Waals surface area contributed by atoms with Crippen LogP contribution < -0.4 is 5.32 Å². The molecule has 0 spiro atoms. The second-order valence-corrected chi connectivity index (χ2v) is 7.20. The topological polar surface area (TPSA) is 75.5 Å². The summed E-state index contributed by atoms with van der Waals surface area (Å²) in [6.07, 6.45) is 4.47. The van der Waals surface area contributed by atoms with Crippen LogP contribution in [0.15, 0.2) is 22.7 Å². The van der Waals surface area contributed by atoms with E-state index in [0.717, 1.165) is 32.5 Å². The molecule has 1 atom stereocenters. The van der Waals surface area contributed by atoms with Gasteiger partial charge in [0.15, 0.2) is 0 Å². The predicted octanol–water partition coefficient (Wildman–Crippen LogP) is 2.96. The van der Waals surface area contributed by atoms with E-state index in [1.807, 2.05) is 4.90 Å². The lowest BCUT2D eigenvalue weighted by Gasteiger charge is -2.35. The molecule has 1 N–H and O–H groups in total. The van der Waals surface area contributed by atoms with Gasteiger partial charge in [0.1, 0.15) is 0 Å². The molecule has 3 rings (SSSR count). The van der Waals surface area contributed by atoms with Crippen molar-refractivity contribution in [2.75, 3.05) is 19.6 Å². The Balaban J connectivity index is 1.66. The first-order chi connectivity index (χ1) is 11.0. The number of hydrogen-bond donors (Lipinski definition) is 1. The number of benzene rings is 1. The van der Waals surface area contributed by atoms with Crippen molar-refractivity contribution in [3.63, 3.8) is 0 Å². The molecule has 2 aliphatic rings. The van der Waals surface area contributed by atoms with Crippen LogP contribution in [0, 0.1) is 16.0 Å². The van der Waals surface area contributed by atoms with Gasteiger partial charge in [0, 0.05) is 41.3 Å². The molecular formula is C16H20BrN3O3. The average molecular weight is 382 g/mol. The first-order valence-corrected chi connectivity index (χ1v) is 8.81. The van der Waals surface area contributed by atoms with Gasteiger partial charge in [-0.1, -0.05) is 15.9 Å². The van der Waals surface area contributed by atoms with Crippen LogP contribution in [0.1, 0.15) is 36.0 Å². The number of piperidine rings is 1. The molecule has 0 saturated carbocycles. The van der Waals surface area contributed by atoms with Gasteiger partial charge in [-0.3, -0.25) is 14.9 Å².